The highest BCUT2D eigenvalue weighted by atomic mass is 32.2. The molecule has 0 bridgehead atoms. The van der Waals surface area contributed by atoms with Crippen LogP contribution in [0.4, 0.5) is 0 Å². The van der Waals surface area contributed by atoms with Crippen molar-refractivity contribution in [2.24, 2.45) is 5.73 Å². The van der Waals surface area contributed by atoms with Crippen molar-refractivity contribution in [2.75, 3.05) is 6.54 Å². The van der Waals surface area contributed by atoms with Crippen LogP contribution in [0, 0.1) is 11.8 Å². The minimum atomic E-state index is 0.395. The van der Waals surface area contributed by atoms with Gasteiger partial charge < -0.3 is 5.73 Å². The predicted octanol–water partition coefficient (Wildman–Crippen LogP) is 2.39. The van der Waals surface area contributed by atoms with E-state index in [1.165, 1.54) is 4.88 Å². The van der Waals surface area contributed by atoms with Crippen molar-refractivity contribution in [3.63, 3.8) is 0 Å². The summed E-state index contributed by atoms with van der Waals surface area (Å²) in [6.45, 7) is 0.395. The summed E-state index contributed by atoms with van der Waals surface area (Å²) in [7, 11) is 0. The molecule has 0 fully saturated rings. The third kappa shape index (κ3) is 2.85. The van der Waals surface area contributed by atoms with Gasteiger partial charge in [-0.05, 0) is 18.2 Å². The SMILES string of the molecule is NCC#Cc1csc(CSc2nnc3ccccn23)c1. The average molecular weight is 300 g/mol. The third-order valence-corrected chi connectivity index (χ3v) is 4.73. The second-order valence-electron chi connectivity index (χ2n) is 4.01. The van der Waals surface area contributed by atoms with E-state index in [0.29, 0.717) is 6.54 Å². The lowest BCUT2D eigenvalue weighted by molar-refractivity contribution is 0.921. The summed E-state index contributed by atoms with van der Waals surface area (Å²) < 4.78 is 1.99. The Morgan fingerprint density at radius 1 is 1.35 bits per heavy atom. The van der Waals surface area contributed by atoms with Crippen LogP contribution < -0.4 is 5.73 Å². The van der Waals surface area contributed by atoms with E-state index in [-0.39, 0.29) is 0 Å². The number of nitrogens with two attached hydrogens (primary N) is 1. The summed E-state index contributed by atoms with van der Waals surface area (Å²) in [5.41, 5.74) is 7.27. The van der Waals surface area contributed by atoms with Gasteiger partial charge in [0.2, 0.25) is 0 Å². The molecule has 0 aliphatic heterocycles. The van der Waals surface area contributed by atoms with Crippen LogP contribution in [0.1, 0.15) is 10.4 Å². The highest BCUT2D eigenvalue weighted by Gasteiger charge is 2.06. The molecule has 0 atom stereocenters. The van der Waals surface area contributed by atoms with Crippen LogP contribution in [0.15, 0.2) is 41.0 Å². The molecule has 0 amide bonds. The molecule has 20 heavy (non-hydrogen) atoms. The van der Waals surface area contributed by atoms with Gasteiger partial charge in [-0.15, -0.1) is 21.5 Å². The molecule has 3 rings (SSSR count). The van der Waals surface area contributed by atoms with Crippen molar-refractivity contribution < 1.29 is 0 Å². The molecular formula is C14H12N4S2. The van der Waals surface area contributed by atoms with E-state index in [9.17, 15) is 0 Å². The molecule has 0 aromatic carbocycles. The number of rotatable bonds is 3. The highest BCUT2D eigenvalue weighted by molar-refractivity contribution is 7.98. The van der Waals surface area contributed by atoms with E-state index in [2.05, 4.69) is 33.5 Å². The monoisotopic (exact) mass is 300 g/mol. The number of pyridine rings is 1. The van der Waals surface area contributed by atoms with Gasteiger partial charge in [-0.1, -0.05) is 29.7 Å². The molecule has 0 radical (unpaired) electrons. The molecule has 0 saturated carbocycles. The first kappa shape index (κ1) is 13.2. The first-order valence-electron chi connectivity index (χ1n) is 6.06. The number of nitrogens with zero attached hydrogens (tertiary/aromatic N) is 3. The van der Waals surface area contributed by atoms with E-state index in [0.717, 1.165) is 22.1 Å². The molecule has 3 aromatic heterocycles. The Balaban J connectivity index is 1.71. The fourth-order valence-electron chi connectivity index (χ4n) is 1.73. The first-order valence-corrected chi connectivity index (χ1v) is 7.92. The number of hydrogen-bond acceptors (Lipinski definition) is 5. The quantitative estimate of drug-likeness (QED) is 0.596. The minimum absolute atomic E-state index is 0.395. The van der Waals surface area contributed by atoms with Gasteiger partial charge >= 0.3 is 0 Å². The largest absolute Gasteiger partial charge is 0.320 e. The Bertz CT molecular complexity index is 779. The Kier molecular flexibility index (Phi) is 4.02. The number of fused-ring (bicyclic) bond motifs is 1. The molecule has 0 aliphatic rings. The second-order valence-corrected chi connectivity index (χ2v) is 5.95. The van der Waals surface area contributed by atoms with Gasteiger partial charge in [0.05, 0.1) is 6.54 Å². The van der Waals surface area contributed by atoms with E-state index < -0.39 is 0 Å². The van der Waals surface area contributed by atoms with E-state index in [1.54, 1.807) is 23.1 Å². The topological polar surface area (TPSA) is 56.2 Å². The van der Waals surface area contributed by atoms with Crippen LogP contribution in [0.5, 0.6) is 0 Å². The maximum absolute atomic E-state index is 5.37. The zero-order valence-electron chi connectivity index (χ0n) is 10.6. The van der Waals surface area contributed by atoms with Gasteiger partial charge in [-0.3, -0.25) is 4.40 Å². The molecular weight excluding hydrogens is 288 g/mol. The molecule has 2 N–H and O–H groups in total. The summed E-state index contributed by atoms with van der Waals surface area (Å²) in [5, 5.41) is 11.3. The summed E-state index contributed by atoms with van der Waals surface area (Å²) in [4.78, 5) is 1.27. The van der Waals surface area contributed by atoms with Crippen molar-refractivity contribution in [3.05, 3.63) is 46.3 Å². The molecule has 0 spiro atoms. The van der Waals surface area contributed by atoms with Gasteiger partial charge in [0.1, 0.15) is 0 Å². The maximum Gasteiger partial charge on any atom is 0.195 e. The number of hydrogen-bond donors (Lipinski definition) is 1. The standard InChI is InChI=1S/C14H12N4S2/c15-6-3-4-11-8-12(19-9-11)10-20-14-17-16-13-5-1-2-7-18(13)14/h1-2,5,7-9H,6,10,15H2. The number of thioether (sulfide) groups is 1. The highest BCUT2D eigenvalue weighted by Crippen LogP contribution is 2.25. The van der Waals surface area contributed by atoms with E-state index >= 15 is 0 Å². The second kappa shape index (κ2) is 6.09. The predicted molar refractivity (Wildman–Crippen MR) is 82.8 cm³/mol. The average Bonchev–Trinajstić information content (AvgIpc) is 3.10. The summed E-state index contributed by atoms with van der Waals surface area (Å²) in [6, 6.07) is 7.98. The van der Waals surface area contributed by atoms with Crippen LogP contribution >= 0.6 is 23.1 Å². The van der Waals surface area contributed by atoms with Crippen LogP contribution in [0.3, 0.4) is 0 Å². The van der Waals surface area contributed by atoms with Gasteiger partial charge in [-0.25, -0.2) is 0 Å². The lowest BCUT2D eigenvalue weighted by Gasteiger charge is -1.97. The minimum Gasteiger partial charge on any atom is -0.320 e. The molecule has 100 valence electrons. The van der Waals surface area contributed by atoms with Gasteiger partial charge in [0, 0.05) is 27.8 Å². The van der Waals surface area contributed by atoms with Gasteiger partial charge in [0.25, 0.3) is 0 Å². The summed E-state index contributed by atoms with van der Waals surface area (Å²) in [5.74, 6) is 6.77. The van der Waals surface area contributed by atoms with Crippen molar-refractivity contribution >= 4 is 28.7 Å². The molecule has 0 aliphatic carbocycles. The van der Waals surface area contributed by atoms with Crippen LogP contribution in [0.25, 0.3) is 5.65 Å². The number of aromatic nitrogens is 3. The Morgan fingerprint density at radius 3 is 3.20 bits per heavy atom. The Hall–Kier alpha value is -1.81. The normalized spacial score (nSPS) is 10.4. The smallest absolute Gasteiger partial charge is 0.195 e. The van der Waals surface area contributed by atoms with Gasteiger partial charge in [0.15, 0.2) is 10.8 Å². The van der Waals surface area contributed by atoms with Crippen molar-refractivity contribution in [1.29, 1.82) is 0 Å². The van der Waals surface area contributed by atoms with Crippen molar-refractivity contribution in [3.8, 4) is 11.8 Å². The Labute approximate surface area is 125 Å². The van der Waals surface area contributed by atoms with Crippen LogP contribution in [-0.4, -0.2) is 21.1 Å². The molecule has 3 heterocycles. The molecule has 4 nitrogen and oxygen atoms in total. The lowest BCUT2D eigenvalue weighted by atomic mass is 10.3. The van der Waals surface area contributed by atoms with E-state index in [1.807, 2.05) is 28.8 Å². The molecule has 0 saturated heterocycles. The van der Waals surface area contributed by atoms with Crippen LogP contribution in [0.2, 0.25) is 0 Å². The zero-order chi connectivity index (χ0) is 13.8. The summed E-state index contributed by atoms with van der Waals surface area (Å²) >= 11 is 3.38. The fourth-order valence-corrected chi connectivity index (χ4v) is 3.52. The Morgan fingerprint density at radius 2 is 2.30 bits per heavy atom. The van der Waals surface area contributed by atoms with Crippen molar-refractivity contribution in [1.82, 2.24) is 14.6 Å². The van der Waals surface area contributed by atoms with Crippen LogP contribution in [-0.2, 0) is 5.75 Å². The fraction of sp³-hybridized carbons (Fsp3) is 0.143. The number of thiophene rings is 1. The van der Waals surface area contributed by atoms with E-state index in [4.69, 9.17) is 5.73 Å². The first-order chi connectivity index (χ1) is 9.86. The van der Waals surface area contributed by atoms with Gasteiger partial charge in [-0.2, -0.15) is 0 Å². The lowest BCUT2D eigenvalue weighted by Crippen LogP contribution is -1.92. The third-order valence-electron chi connectivity index (χ3n) is 2.61. The zero-order valence-corrected chi connectivity index (χ0v) is 12.2. The summed E-state index contributed by atoms with van der Waals surface area (Å²) in [6.07, 6.45) is 1.98. The molecule has 6 heteroatoms. The maximum atomic E-state index is 5.37. The molecule has 3 aromatic rings. The van der Waals surface area contributed by atoms with Crippen molar-refractivity contribution in [2.45, 2.75) is 10.9 Å². The molecule has 0 unspecified atom stereocenters.